The first-order chi connectivity index (χ1) is 24.0. The SMILES string of the molecule is CCOC(=O)CCc1cnc(C#N)c(-c2ncc(-c3nc(CCCN(Cc4ccccc4)Cc4ccccc4)cc4c3CCC4)cc2C)c1. The number of benzene rings is 2. The fourth-order valence-electron chi connectivity index (χ4n) is 6.77. The lowest BCUT2D eigenvalue weighted by atomic mass is 9.98. The Morgan fingerprint density at radius 1 is 0.878 bits per heavy atom. The zero-order valence-electron chi connectivity index (χ0n) is 28.5. The van der Waals surface area contributed by atoms with E-state index in [4.69, 9.17) is 14.7 Å². The minimum atomic E-state index is -0.244. The topological polar surface area (TPSA) is 92.0 Å². The Labute approximate surface area is 289 Å². The first-order valence-electron chi connectivity index (χ1n) is 17.3. The van der Waals surface area contributed by atoms with Crippen LogP contribution in [0.5, 0.6) is 0 Å². The van der Waals surface area contributed by atoms with Crippen molar-refractivity contribution in [2.24, 2.45) is 0 Å². The lowest BCUT2D eigenvalue weighted by molar-refractivity contribution is -0.143. The molecule has 7 nitrogen and oxygen atoms in total. The normalized spacial score (nSPS) is 12.1. The summed E-state index contributed by atoms with van der Waals surface area (Å²) >= 11 is 0. The standard InChI is InChI=1S/C42H43N5O2/c1-3-49-40(48)20-19-33-23-38(39(25-43)44-26-33)41-30(2)22-35(27-45-41)42-37-18-10-16-34(37)24-36(46-42)17-11-21-47(28-31-12-6-4-7-13-31)29-32-14-8-5-9-15-32/h4-9,12-15,22-24,26-27H,3,10-11,16-21,28-29H2,1-2H3. The molecule has 0 saturated carbocycles. The van der Waals surface area contributed by atoms with Gasteiger partial charge in [0.2, 0.25) is 0 Å². The van der Waals surface area contributed by atoms with Crippen molar-refractivity contribution in [1.82, 2.24) is 19.9 Å². The van der Waals surface area contributed by atoms with E-state index in [0.717, 1.165) is 85.5 Å². The number of fused-ring (bicyclic) bond motifs is 1. The molecule has 1 aliphatic carbocycles. The van der Waals surface area contributed by atoms with Crippen LogP contribution in [-0.4, -0.2) is 39.0 Å². The van der Waals surface area contributed by atoms with Crippen LogP contribution in [0.1, 0.15) is 71.0 Å². The molecule has 3 heterocycles. The highest BCUT2D eigenvalue weighted by molar-refractivity contribution is 5.74. The Kier molecular flexibility index (Phi) is 11.2. The zero-order valence-corrected chi connectivity index (χ0v) is 28.5. The third kappa shape index (κ3) is 8.65. The maximum atomic E-state index is 11.9. The number of carbonyl (C=O) groups excluding carboxylic acids is 1. The van der Waals surface area contributed by atoms with E-state index in [0.29, 0.717) is 24.3 Å². The van der Waals surface area contributed by atoms with Gasteiger partial charge >= 0.3 is 5.97 Å². The van der Waals surface area contributed by atoms with E-state index in [1.54, 1.807) is 13.1 Å². The zero-order chi connectivity index (χ0) is 34.0. The number of hydrogen-bond donors (Lipinski definition) is 0. The third-order valence-corrected chi connectivity index (χ3v) is 9.13. The van der Waals surface area contributed by atoms with Gasteiger partial charge in [0, 0.05) is 48.7 Å². The Morgan fingerprint density at radius 2 is 1.61 bits per heavy atom. The van der Waals surface area contributed by atoms with Gasteiger partial charge in [-0.15, -0.1) is 0 Å². The number of nitrogens with zero attached hydrogens (tertiary/aromatic N) is 5. The molecule has 7 heteroatoms. The number of ether oxygens (including phenoxy) is 1. The van der Waals surface area contributed by atoms with Crippen molar-refractivity contribution in [2.45, 2.75) is 71.9 Å². The first kappa shape index (κ1) is 33.7. The number of aromatic nitrogens is 3. The molecule has 0 atom stereocenters. The summed E-state index contributed by atoms with van der Waals surface area (Å²) in [6.07, 6.45) is 9.44. The molecular weight excluding hydrogens is 606 g/mol. The average Bonchev–Trinajstić information content (AvgIpc) is 3.60. The Balaban J connectivity index is 1.21. The number of pyridine rings is 3. The maximum Gasteiger partial charge on any atom is 0.306 e. The highest BCUT2D eigenvalue weighted by atomic mass is 16.5. The number of esters is 1. The van der Waals surface area contributed by atoms with Gasteiger partial charge in [-0.1, -0.05) is 60.7 Å². The van der Waals surface area contributed by atoms with Gasteiger partial charge in [-0.3, -0.25) is 19.7 Å². The Morgan fingerprint density at radius 3 is 2.29 bits per heavy atom. The molecule has 3 aromatic heterocycles. The molecule has 248 valence electrons. The maximum absolute atomic E-state index is 11.9. The van der Waals surface area contributed by atoms with E-state index in [1.807, 2.05) is 19.2 Å². The number of hydrogen-bond acceptors (Lipinski definition) is 7. The predicted molar refractivity (Wildman–Crippen MR) is 192 cm³/mol. The molecule has 6 rings (SSSR count). The van der Waals surface area contributed by atoms with E-state index >= 15 is 0 Å². The van der Waals surface area contributed by atoms with Crippen molar-refractivity contribution in [3.05, 3.63) is 136 Å². The van der Waals surface area contributed by atoms with Gasteiger partial charge in [-0.05, 0) is 110 Å². The first-order valence-corrected chi connectivity index (χ1v) is 17.3. The summed E-state index contributed by atoms with van der Waals surface area (Å²) in [5, 5.41) is 9.84. The van der Waals surface area contributed by atoms with Crippen LogP contribution in [0.25, 0.3) is 22.5 Å². The van der Waals surface area contributed by atoms with Gasteiger partial charge in [-0.25, -0.2) is 4.98 Å². The lowest BCUT2D eigenvalue weighted by Gasteiger charge is -2.23. The van der Waals surface area contributed by atoms with E-state index in [9.17, 15) is 10.1 Å². The summed E-state index contributed by atoms with van der Waals surface area (Å²) in [6.45, 7) is 6.97. The lowest BCUT2D eigenvalue weighted by Crippen LogP contribution is -2.24. The van der Waals surface area contributed by atoms with Gasteiger partial charge in [0.15, 0.2) is 0 Å². The molecule has 0 saturated heterocycles. The quantitative estimate of drug-likeness (QED) is 0.113. The molecule has 0 amide bonds. The minimum Gasteiger partial charge on any atom is -0.466 e. The van der Waals surface area contributed by atoms with Gasteiger partial charge in [-0.2, -0.15) is 5.26 Å². The largest absolute Gasteiger partial charge is 0.466 e. The van der Waals surface area contributed by atoms with E-state index in [-0.39, 0.29) is 12.4 Å². The van der Waals surface area contributed by atoms with E-state index in [1.165, 1.54) is 22.3 Å². The van der Waals surface area contributed by atoms with Crippen molar-refractivity contribution in [2.75, 3.05) is 13.2 Å². The second-order valence-corrected chi connectivity index (χ2v) is 12.8. The molecular formula is C42H43N5O2. The van der Waals surface area contributed by atoms with Gasteiger partial charge < -0.3 is 4.74 Å². The van der Waals surface area contributed by atoms with Crippen LogP contribution < -0.4 is 0 Å². The summed E-state index contributed by atoms with van der Waals surface area (Å²) < 4.78 is 5.08. The average molecular weight is 650 g/mol. The summed E-state index contributed by atoms with van der Waals surface area (Å²) in [4.78, 5) is 29.0. The summed E-state index contributed by atoms with van der Waals surface area (Å²) in [5.74, 6) is -0.244. The number of rotatable bonds is 14. The summed E-state index contributed by atoms with van der Waals surface area (Å²) in [5.41, 5.74) is 12.1. The predicted octanol–water partition coefficient (Wildman–Crippen LogP) is 8.01. The molecule has 0 aliphatic heterocycles. The molecule has 0 N–H and O–H groups in total. The van der Waals surface area contributed by atoms with Crippen molar-refractivity contribution < 1.29 is 9.53 Å². The molecule has 0 radical (unpaired) electrons. The smallest absolute Gasteiger partial charge is 0.306 e. The number of nitriles is 1. The van der Waals surface area contributed by atoms with Crippen LogP contribution in [0.15, 0.2) is 91.3 Å². The second-order valence-electron chi connectivity index (χ2n) is 12.8. The fourth-order valence-corrected chi connectivity index (χ4v) is 6.77. The van der Waals surface area contributed by atoms with E-state index < -0.39 is 0 Å². The van der Waals surface area contributed by atoms with E-state index in [2.05, 4.69) is 88.7 Å². The third-order valence-electron chi connectivity index (χ3n) is 9.13. The summed E-state index contributed by atoms with van der Waals surface area (Å²) in [7, 11) is 0. The van der Waals surface area contributed by atoms with Crippen molar-refractivity contribution in [1.29, 1.82) is 5.26 Å². The minimum absolute atomic E-state index is 0.244. The molecule has 0 unspecified atom stereocenters. The molecule has 0 spiro atoms. The molecule has 0 fully saturated rings. The molecule has 2 aromatic carbocycles. The fraction of sp³-hybridized carbons (Fsp3) is 0.310. The van der Waals surface area contributed by atoms with Crippen LogP contribution in [0.3, 0.4) is 0 Å². The van der Waals surface area contributed by atoms with Gasteiger partial charge in [0.05, 0.1) is 18.0 Å². The molecule has 5 aromatic rings. The molecule has 0 bridgehead atoms. The van der Waals surface area contributed by atoms with Crippen LogP contribution in [-0.2, 0) is 48.3 Å². The number of carbonyl (C=O) groups is 1. The van der Waals surface area contributed by atoms with Crippen LogP contribution in [0.4, 0.5) is 0 Å². The second kappa shape index (κ2) is 16.3. The van der Waals surface area contributed by atoms with Crippen LogP contribution >= 0.6 is 0 Å². The highest BCUT2D eigenvalue weighted by Gasteiger charge is 2.21. The van der Waals surface area contributed by atoms with Gasteiger partial charge in [0.1, 0.15) is 11.8 Å². The Bertz CT molecular complexity index is 1890. The van der Waals surface area contributed by atoms with Crippen molar-refractivity contribution in [3.8, 4) is 28.6 Å². The Hall–Kier alpha value is -5.19. The van der Waals surface area contributed by atoms with Gasteiger partial charge in [0.25, 0.3) is 0 Å². The highest BCUT2D eigenvalue weighted by Crippen LogP contribution is 2.34. The summed E-state index contributed by atoms with van der Waals surface area (Å²) in [6, 6.07) is 30.0. The van der Waals surface area contributed by atoms with Crippen LogP contribution in [0, 0.1) is 18.3 Å². The monoisotopic (exact) mass is 649 g/mol. The molecule has 1 aliphatic rings. The number of aryl methyl sites for hydroxylation is 4. The molecule has 49 heavy (non-hydrogen) atoms. The van der Waals surface area contributed by atoms with Crippen LogP contribution in [0.2, 0.25) is 0 Å². The van der Waals surface area contributed by atoms with Crippen molar-refractivity contribution >= 4 is 5.97 Å². The van der Waals surface area contributed by atoms with Crippen molar-refractivity contribution in [3.63, 3.8) is 0 Å².